The Balaban J connectivity index is 2.01. The van der Waals surface area contributed by atoms with E-state index >= 15 is 0 Å². The Labute approximate surface area is 95.5 Å². The maximum atomic E-state index is 9.44. The van der Waals surface area contributed by atoms with Crippen molar-refractivity contribution >= 4 is 10.9 Å². The number of H-pyrrole nitrogens is 1. The summed E-state index contributed by atoms with van der Waals surface area (Å²) in [6, 6.07) is 8.32. The Morgan fingerprint density at radius 1 is 1.38 bits per heavy atom. The number of benzene rings is 1. The molecular formula is C13H18N2O. The molecule has 86 valence electrons. The van der Waals surface area contributed by atoms with Crippen LogP contribution in [0.15, 0.2) is 30.5 Å². The van der Waals surface area contributed by atoms with Crippen molar-refractivity contribution in [1.82, 2.24) is 10.3 Å². The van der Waals surface area contributed by atoms with Crippen LogP contribution < -0.4 is 5.32 Å². The Morgan fingerprint density at radius 2 is 2.25 bits per heavy atom. The molecule has 3 heteroatoms. The van der Waals surface area contributed by atoms with E-state index in [1.54, 1.807) is 0 Å². The summed E-state index contributed by atoms with van der Waals surface area (Å²) in [5.74, 6) is 0. The van der Waals surface area contributed by atoms with Crippen LogP contribution in [-0.4, -0.2) is 22.7 Å². The average molecular weight is 218 g/mol. The van der Waals surface area contributed by atoms with Crippen molar-refractivity contribution < 1.29 is 5.11 Å². The van der Waals surface area contributed by atoms with Crippen LogP contribution in [0.3, 0.4) is 0 Å². The lowest BCUT2D eigenvalue weighted by molar-refractivity contribution is 0.167. The summed E-state index contributed by atoms with van der Waals surface area (Å²) in [6.45, 7) is 3.43. The standard InChI is InChI=1S/C13H18N2O/c1-2-11(16)9-14-8-10-4-3-5-13-12(10)6-7-15-13/h3-7,11,14-16H,2,8-9H2,1H3. The van der Waals surface area contributed by atoms with Gasteiger partial charge < -0.3 is 15.4 Å². The maximum Gasteiger partial charge on any atom is 0.0662 e. The monoisotopic (exact) mass is 218 g/mol. The van der Waals surface area contributed by atoms with E-state index in [1.165, 1.54) is 10.9 Å². The van der Waals surface area contributed by atoms with E-state index in [0.717, 1.165) is 18.5 Å². The van der Waals surface area contributed by atoms with E-state index in [9.17, 15) is 5.11 Å². The van der Waals surface area contributed by atoms with Crippen LogP contribution in [0.2, 0.25) is 0 Å². The van der Waals surface area contributed by atoms with Crippen molar-refractivity contribution in [3.63, 3.8) is 0 Å². The van der Waals surface area contributed by atoms with Crippen LogP contribution in [-0.2, 0) is 6.54 Å². The number of aliphatic hydroxyl groups is 1. The van der Waals surface area contributed by atoms with Gasteiger partial charge in [-0.1, -0.05) is 19.1 Å². The Kier molecular flexibility index (Phi) is 3.59. The van der Waals surface area contributed by atoms with E-state index in [2.05, 4.69) is 28.5 Å². The molecule has 0 saturated heterocycles. The summed E-state index contributed by atoms with van der Waals surface area (Å²) in [6.07, 6.45) is 2.50. The molecule has 3 nitrogen and oxygen atoms in total. The first kappa shape index (κ1) is 11.2. The van der Waals surface area contributed by atoms with Crippen molar-refractivity contribution in [2.45, 2.75) is 26.0 Å². The highest BCUT2D eigenvalue weighted by Crippen LogP contribution is 2.16. The summed E-state index contributed by atoms with van der Waals surface area (Å²) in [7, 11) is 0. The second-order valence-electron chi connectivity index (χ2n) is 4.05. The number of hydrogen-bond donors (Lipinski definition) is 3. The average Bonchev–Trinajstić information content (AvgIpc) is 2.77. The molecule has 0 radical (unpaired) electrons. The molecule has 1 unspecified atom stereocenters. The minimum atomic E-state index is -0.245. The molecule has 1 aromatic heterocycles. The predicted octanol–water partition coefficient (Wildman–Crippen LogP) is 2.03. The number of aliphatic hydroxyl groups excluding tert-OH is 1. The molecule has 0 aliphatic heterocycles. The van der Waals surface area contributed by atoms with Crippen LogP contribution in [0.25, 0.3) is 10.9 Å². The second-order valence-corrected chi connectivity index (χ2v) is 4.05. The third kappa shape index (κ3) is 2.43. The van der Waals surface area contributed by atoms with Gasteiger partial charge in [0.2, 0.25) is 0 Å². The number of aromatic nitrogens is 1. The quantitative estimate of drug-likeness (QED) is 0.719. The molecule has 0 amide bonds. The first-order chi connectivity index (χ1) is 7.81. The van der Waals surface area contributed by atoms with Crippen LogP contribution >= 0.6 is 0 Å². The minimum Gasteiger partial charge on any atom is -0.392 e. The minimum absolute atomic E-state index is 0.245. The van der Waals surface area contributed by atoms with Gasteiger partial charge in [0.05, 0.1) is 6.10 Å². The van der Waals surface area contributed by atoms with Crippen molar-refractivity contribution in [1.29, 1.82) is 0 Å². The first-order valence-corrected chi connectivity index (χ1v) is 5.75. The number of rotatable bonds is 5. The van der Waals surface area contributed by atoms with E-state index in [-0.39, 0.29) is 6.10 Å². The molecule has 1 heterocycles. The largest absolute Gasteiger partial charge is 0.392 e. The summed E-state index contributed by atoms with van der Waals surface area (Å²) in [5, 5.41) is 14.0. The fraction of sp³-hybridized carbons (Fsp3) is 0.385. The number of hydrogen-bond acceptors (Lipinski definition) is 2. The molecule has 2 aromatic rings. The maximum absolute atomic E-state index is 9.44. The first-order valence-electron chi connectivity index (χ1n) is 5.75. The van der Waals surface area contributed by atoms with Gasteiger partial charge in [0.1, 0.15) is 0 Å². The van der Waals surface area contributed by atoms with Gasteiger partial charge in [-0.15, -0.1) is 0 Å². The SMILES string of the molecule is CCC(O)CNCc1cccc2[nH]ccc12. The lowest BCUT2D eigenvalue weighted by atomic mass is 10.1. The van der Waals surface area contributed by atoms with Crippen molar-refractivity contribution in [3.8, 4) is 0 Å². The van der Waals surface area contributed by atoms with Crippen LogP contribution in [0.5, 0.6) is 0 Å². The molecule has 0 fully saturated rings. The smallest absolute Gasteiger partial charge is 0.0662 e. The highest BCUT2D eigenvalue weighted by Gasteiger charge is 2.03. The fourth-order valence-electron chi connectivity index (χ4n) is 1.82. The zero-order chi connectivity index (χ0) is 11.4. The van der Waals surface area contributed by atoms with Gasteiger partial charge in [-0.05, 0) is 24.1 Å². The highest BCUT2D eigenvalue weighted by molar-refractivity contribution is 5.82. The summed E-state index contributed by atoms with van der Waals surface area (Å²) in [5.41, 5.74) is 2.43. The molecule has 0 bridgehead atoms. The van der Waals surface area contributed by atoms with Gasteiger partial charge in [-0.3, -0.25) is 0 Å². The van der Waals surface area contributed by atoms with Gasteiger partial charge in [-0.2, -0.15) is 0 Å². The van der Waals surface area contributed by atoms with Gasteiger partial charge >= 0.3 is 0 Å². The third-order valence-electron chi connectivity index (χ3n) is 2.85. The molecule has 0 aliphatic rings. The molecule has 0 spiro atoms. The van der Waals surface area contributed by atoms with E-state index in [1.807, 2.05) is 19.2 Å². The van der Waals surface area contributed by atoms with Gasteiger partial charge in [-0.25, -0.2) is 0 Å². The summed E-state index contributed by atoms with van der Waals surface area (Å²) in [4.78, 5) is 3.19. The van der Waals surface area contributed by atoms with Gasteiger partial charge in [0.25, 0.3) is 0 Å². The van der Waals surface area contributed by atoms with E-state index in [4.69, 9.17) is 0 Å². The van der Waals surface area contributed by atoms with E-state index in [0.29, 0.717) is 6.54 Å². The zero-order valence-corrected chi connectivity index (χ0v) is 9.53. The number of aromatic amines is 1. The van der Waals surface area contributed by atoms with Crippen LogP contribution in [0, 0.1) is 0 Å². The van der Waals surface area contributed by atoms with E-state index < -0.39 is 0 Å². The van der Waals surface area contributed by atoms with Crippen molar-refractivity contribution in [2.24, 2.45) is 0 Å². The molecule has 2 rings (SSSR count). The number of fused-ring (bicyclic) bond motifs is 1. The van der Waals surface area contributed by atoms with Crippen LogP contribution in [0.1, 0.15) is 18.9 Å². The molecule has 0 saturated carbocycles. The molecule has 3 N–H and O–H groups in total. The predicted molar refractivity (Wildman–Crippen MR) is 66.3 cm³/mol. The van der Waals surface area contributed by atoms with Gasteiger partial charge in [0, 0.05) is 30.2 Å². The molecule has 16 heavy (non-hydrogen) atoms. The molecule has 1 aromatic carbocycles. The summed E-state index contributed by atoms with van der Waals surface area (Å²) >= 11 is 0. The zero-order valence-electron chi connectivity index (χ0n) is 9.53. The molecular weight excluding hydrogens is 200 g/mol. The lowest BCUT2D eigenvalue weighted by Gasteiger charge is -2.09. The Hall–Kier alpha value is -1.32. The number of nitrogens with one attached hydrogen (secondary N) is 2. The molecule has 0 aliphatic carbocycles. The third-order valence-corrected chi connectivity index (χ3v) is 2.85. The lowest BCUT2D eigenvalue weighted by Crippen LogP contribution is -2.25. The second kappa shape index (κ2) is 5.14. The Morgan fingerprint density at radius 3 is 3.06 bits per heavy atom. The normalized spacial score (nSPS) is 13.1. The summed E-state index contributed by atoms with van der Waals surface area (Å²) < 4.78 is 0. The Bertz CT molecular complexity index is 450. The highest BCUT2D eigenvalue weighted by atomic mass is 16.3. The fourth-order valence-corrected chi connectivity index (χ4v) is 1.82. The van der Waals surface area contributed by atoms with Crippen molar-refractivity contribution in [2.75, 3.05) is 6.54 Å². The van der Waals surface area contributed by atoms with Crippen LogP contribution in [0.4, 0.5) is 0 Å². The molecule has 1 atom stereocenters. The topological polar surface area (TPSA) is 48.0 Å². The van der Waals surface area contributed by atoms with Gasteiger partial charge in [0.15, 0.2) is 0 Å². The van der Waals surface area contributed by atoms with Crippen molar-refractivity contribution in [3.05, 3.63) is 36.0 Å².